The molecule has 1 saturated heterocycles. The van der Waals surface area contributed by atoms with E-state index in [0.717, 1.165) is 19.6 Å². The van der Waals surface area contributed by atoms with Crippen LogP contribution in [-0.2, 0) is 0 Å². The number of hydrogen-bond acceptors (Lipinski definition) is 3. The Morgan fingerprint density at radius 1 is 1.56 bits per heavy atom. The average molecular weight is 125 g/mol. The Morgan fingerprint density at radius 2 is 2.56 bits per heavy atom. The highest BCUT2D eigenvalue weighted by Crippen LogP contribution is 2.05. The maximum atomic E-state index is 3.31. The van der Waals surface area contributed by atoms with Crippen LogP contribution in [0.2, 0.25) is 0 Å². The molecule has 0 unspecified atom stereocenters. The molecule has 0 bridgehead atoms. The van der Waals surface area contributed by atoms with Gasteiger partial charge in [0, 0.05) is 32.0 Å². The van der Waals surface area contributed by atoms with Gasteiger partial charge in [-0.1, -0.05) is 0 Å². The van der Waals surface area contributed by atoms with Gasteiger partial charge in [-0.25, -0.2) is 0 Å². The van der Waals surface area contributed by atoms with Crippen LogP contribution in [0.5, 0.6) is 0 Å². The van der Waals surface area contributed by atoms with Crippen molar-refractivity contribution in [1.29, 1.82) is 0 Å². The lowest BCUT2D eigenvalue weighted by Crippen LogP contribution is -2.51. The molecule has 0 aromatic heterocycles. The molecule has 0 aliphatic carbocycles. The van der Waals surface area contributed by atoms with Crippen LogP contribution in [0, 0.1) is 0 Å². The van der Waals surface area contributed by atoms with Crippen LogP contribution in [-0.4, -0.2) is 30.7 Å². The van der Waals surface area contributed by atoms with E-state index in [9.17, 15) is 0 Å². The van der Waals surface area contributed by atoms with Crippen molar-refractivity contribution < 1.29 is 0 Å². The maximum Gasteiger partial charge on any atom is 0.111 e. The van der Waals surface area contributed by atoms with E-state index in [1.807, 2.05) is 6.20 Å². The molecule has 2 aliphatic heterocycles. The first-order valence-corrected chi connectivity index (χ1v) is 3.36. The molecule has 3 nitrogen and oxygen atoms in total. The van der Waals surface area contributed by atoms with Gasteiger partial charge in [-0.2, -0.15) is 0 Å². The first-order valence-electron chi connectivity index (χ1n) is 3.36. The van der Waals surface area contributed by atoms with Crippen LogP contribution in [0.15, 0.2) is 12.4 Å². The summed E-state index contributed by atoms with van der Waals surface area (Å²) in [5.41, 5.74) is 0. The number of piperazine rings is 1. The smallest absolute Gasteiger partial charge is 0.111 e. The third kappa shape index (κ3) is 0.772. The fourth-order valence-corrected chi connectivity index (χ4v) is 1.30. The molecule has 0 saturated carbocycles. The van der Waals surface area contributed by atoms with Gasteiger partial charge in [0.05, 0.1) is 0 Å². The van der Waals surface area contributed by atoms with Crippen molar-refractivity contribution in [1.82, 2.24) is 15.5 Å². The van der Waals surface area contributed by atoms with E-state index in [1.165, 1.54) is 0 Å². The van der Waals surface area contributed by atoms with Gasteiger partial charge < -0.3 is 15.5 Å². The van der Waals surface area contributed by atoms with Gasteiger partial charge in [-0.15, -0.1) is 0 Å². The highest BCUT2D eigenvalue weighted by molar-refractivity contribution is 4.97. The summed E-state index contributed by atoms with van der Waals surface area (Å²) in [5.74, 6) is 0. The minimum atomic E-state index is 0.527. The van der Waals surface area contributed by atoms with Crippen LogP contribution in [0.25, 0.3) is 0 Å². The molecule has 0 aromatic rings. The molecule has 3 heteroatoms. The van der Waals surface area contributed by atoms with Crippen molar-refractivity contribution in [3.8, 4) is 0 Å². The average Bonchev–Trinajstić information content (AvgIpc) is 2.33. The van der Waals surface area contributed by atoms with E-state index < -0.39 is 0 Å². The van der Waals surface area contributed by atoms with Crippen molar-refractivity contribution in [2.24, 2.45) is 0 Å². The molecular weight excluding hydrogens is 114 g/mol. The van der Waals surface area contributed by atoms with Crippen LogP contribution in [0.4, 0.5) is 0 Å². The fraction of sp³-hybridized carbons (Fsp3) is 0.667. The molecule has 0 aromatic carbocycles. The normalized spacial score (nSPS) is 32.0. The first-order chi connectivity index (χ1) is 4.47. The Bertz CT molecular complexity index is 132. The van der Waals surface area contributed by atoms with Gasteiger partial charge in [0.25, 0.3) is 0 Å². The number of nitrogens with one attached hydrogen (secondary N) is 2. The highest BCUT2D eigenvalue weighted by atomic mass is 15.3. The van der Waals surface area contributed by atoms with Crippen molar-refractivity contribution >= 4 is 0 Å². The van der Waals surface area contributed by atoms with Gasteiger partial charge >= 0.3 is 0 Å². The second-order valence-electron chi connectivity index (χ2n) is 2.44. The summed E-state index contributed by atoms with van der Waals surface area (Å²) in [4.78, 5) is 2.32. The summed E-state index contributed by atoms with van der Waals surface area (Å²) in [7, 11) is 0. The molecule has 1 atom stereocenters. The lowest BCUT2D eigenvalue weighted by molar-refractivity contribution is 0.231. The monoisotopic (exact) mass is 125 g/mol. The fourth-order valence-electron chi connectivity index (χ4n) is 1.30. The Hall–Kier alpha value is -0.700. The van der Waals surface area contributed by atoms with Crippen molar-refractivity contribution in [2.75, 3.05) is 19.6 Å². The van der Waals surface area contributed by atoms with E-state index in [-0.39, 0.29) is 0 Å². The minimum Gasteiger partial charge on any atom is -0.369 e. The highest BCUT2D eigenvalue weighted by Gasteiger charge is 2.20. The van der Waals surface area contributed by atoms with E-state index in [1.54, 1.807) is 0 Å². The van der Waals surface area contributed by atoms with Gasteiger partial charge in [0.15, 0.2) is 0 Å². The zero-order chi connectivity index (χ0) is 6.10. The molecule has 1 fully saturated rings. The predicted molar refractivity (Wildman–Crippen MR) is 35.6 cm³/mol. The van der Waals surface area contributed by atoms with E-state index >= 15 is 0 Å². The summed E-state index contributed by atoms with van der Waals surface area (Å²) in [6.45, 7) is 3.31. The third-order valence-corrected chi connectivity index (χ3v) is 1.84. The van der Waals surface area contributed by atoms with Gasteiger partial charge in [0.2, 0.25) is 0 Å². The lowest BCUT2D eigenvalue weighted by Gasteiger charge is -2.30. The second kappa shape index (κ2) is 1.92. The predicted octanol–water partition coefficient (Wildman–Crippen LogP) is -0.708. The summed E-state index contributed by atoms with van der Waals surface area (Å²) < 4.78 is 0. The second-order valence-corrected chi connectivity index (χ2v) is 2.44. The Morgan fingerprint density at radius 3 is 3.44 bits per heavy atom. The number of fused-ring (bicyclic) bond motifs is 1. The van der Waals surface area contributed by atoms with Gasteiger partial charge in [0.1, 0.15) is 6.17 Å². The standard InChI is InChI=1S/C6H11N3/c1-3-9-4-2-8-6(9)5-7-1/h2,4,6-8H,1,3,5H2/t6-/m0/s1. The van der Waals surface area contributed by atoms with E-state index in [2.05, 4.69) is 21.7 Å². The molecule has 9 heavy (non-hydrogen) atoms. The molecule has 2 aliphatic rings. The van der Waals surface area contributed by atoms with Crippen LogP contribution in [0.1, 0.15) is 0 Å². The Balaban J connectivity index is 2.03. The third-order valence-electron chi connectivity index (χ3n) is 1.84. The Labute approximate surface area is 54.7 Å². The van der Waals surface area contributed by atoms with Crippen molar-refractivity contribution in [3.05, 3.63) is 12.4 Å². The summed E-state index contributed by atoms with van der Waals surface area (Å²) >= 11 is 0. The largest absolute Gasteiger partial charge is 0.369 e. The summed E-state index contributed by atoms with van der Waals surface area (Å²) in [6.07, 6.45) is 4.65. The molecule has 0 spiro atoms. The number of rotatable bonds is 0. The molecule has 2 heterocycles. The zero-order valence-corrected chi connectivity index (χ0v) is 5.30. The molecular formula is C6H11N3. The number of nitrogens with zero attached hydrogens (tertiary/aromatic N) is 1. The van der Waals surface area contributed by atoms with Crippen molar-refractivity contribution in [3.63, 3.8) is 0 Å². The molecule has 0 amide bonds. The van der Waals surface area contributed by atoms with Crippen molar-refractivity contribution in [2.45, 2.75) is 6.17 Å². The zero-order valence-electron chi connectivity index (χ0n) is 5.30. The topological polar surface area (TPSA) is 27.3 Å². The first kappa shape index (κ1) is 5.11. The minimum absolute atomic E-state index is 0.527. The van der Waals surface area contributed by atoms with Gasteiger partial charge in [-0.3, -0.25) is 0 Å². The lowest BCUT2D eigenvalue weighted by atomic mass is 10.3. The van der Waals surface area contributed by atoms with Crippen LogP contribution < -0.4 is 10.6 Å². The molecule has 50 valence electrons. The molecule has 0 radical (unpaired) electrons. The molecule has 2 rings (SSSR count). The van der Waals surface area contributed by atoms with Gasteiger partial charge in [-0.05, 0) is 0 Å². The molecule has 2 N–H and O–H groups in total. The van der Waals surface area contributed by atoms with E-state index in [0.29, 0.717) is 6.17 Å². The maximum absolute atomic E-state index is 3.31. The SMILES string of the molecule is C1=CN2CCNC[C@H]2N1. The van der Waals surface area contributed by atoms with E-state index in [4.69, 9.17) is 0 Å². The van der Waals surface area contributed by atoms with Crippen LogP contribution in [0.3, 0.4) is 0 Å². The Kier molecular flexibility index (Phi) is 1.09. The summed E-state index contributed by atoms with van der Waals surface area (Å²) in [6, 6.07) is 0. The quantitative estimate of drug-likeness (QED) is 0.448. The number of hydrogen-bond donors (Lipinski definition) is 2. The summed E-state index contributed by atoms with van der Waals surface area (Å²) in [5, 5.41) is 6.55. The van der Waals surface area contributed by atoms with Crippen LogP contribution >= 0.6 is 0 Å².